The van der Waals surface area contributed by atoms with Crippen LogP contribution in [0.2, 0.25) is 0 Å². The van der Waals surface area contributed by atoms with Crippen molar-refractivity contribution in [3.05, 3.63) is 23.9 Å². The number of hydrogen-bond acceptors (Lipinski definition) is 5. The number of amides is 2. The highest BCUT2D eigenvalue weighted by molar-refractivity contribution is 5.80. The van der Waals surface area contributed by atoms with Gasteiger partial charge in [0, 0.05) is 38.9 Å². The number of nitrogens with one attached hydrogen (secondary N) is 1. The summed E-state index contributed by atoms with van der Waals surface area (Å²) in [7, 11) is 0. The van der Waals surface area contributed by atoms with Gasteiger partial charge in [-0.25, -0.2) is 9.78 Å². The highest BCUT2D eigenvalue weighted by atomic mass is 16.6. The summed E-state index contributed by atoms with van der Waals surface area (Å²) < 4.78 is 4.99. The molecule has 0 bridgehead atoms. The highest BCUT2D eigenvalue weighted by Gasteiger charge is 2.23. The number of carbonyl (C=O) groups excluding carboxylic acids is 2. The van der Waals surface area contributed by atoms with Crippen LogP contribution in [0.3, 0.4) is 0 Å². The lowest BCUT2D eigenvalue weighted by atomic mass is 10.3. The number of nitrogens with zero attached hydrogens (tertiary/aromatic N) is 3. The predicted octanol–water partition coefficient (Wildman–Crippen LogP) is 0.785. The standard InChI is InChI=1S/C15H22N4O3/c1-3-16-14(20)11-22-15(21)19-8-6-18(7-9-19)13-5-4-12(2)10-17-13/h4-5,10H,3,6-9,11H2,1-2H3,(H,16,20). The molecule has 0 aliphatic carbocycles. The van der Waals surface area contributed by atoms with Crippen molar-refractivity contribution in [3.8, 4) is 0 Å². The van der Waals surface area contributed by atoms with Gasteiger partial charge in [-0.3, -0.25) is 4.79 Å². The average molecular weight is 306 g/mol. The Morgan fingerprint density at radius 2 is 2.00 bits per heavy atom. The monoisotopic (exact) mass is 306 g/mol. The van der Waals surface area contributed by atoms with Crippen LogP contribution in [0.15, 0.2) is 18.3 Å². The van der Waals surface area contributed by atoms with Gasteiger partial charge < -0.3 is 19.9 Å². The van der Waals surface area contributed by atoms with E-state index in [1.807, 2.05) is 32.2 Å². The van der Waals surface area contributed by atoms with Gasteiger partial charge in [0.05, 0.1) is 0 Å². The largest absolute Gasteiger partial charge is 0.439 e. The molecule has 1 saturated heterocycles. The van der Waals surface area contributed by atoms with Gasteiger partial charge >= 0.3 is 6.09 Å². The van der Waals surface area contributed by atoms with Crippen LogP contribution in [0.1, 0.15) is 12.5 Å². The van der Waals surface area contributed by atoms with Gasteiger partial charge in [0.2, 0.25) is 0 Å². The minimum atomic E-state index is -0.442. The first-order valence-electron chi connectivity index (χ1n) is 7.46. The van der Waals surface area contributed by atoms with Crippen LogP contribution in [-0.4, -0.2) is 61.2 Å². The molecule has 1 fully saturated rings. The van der Waals surface area contributed by atoms with Crippen LogP contribution in [0.5, 0.6) is 0 Å². The maximum absolute atomic E-state index is 11.9. The molecule has 1 N–H and O–H groups in total. The quantitative estimate of drug-likeness (QED) is 0.890. The number of carbonyl (C=O) groups is 2. The molecule has 0 atom stereocenters. The number of anilines is 1. The molecule has 0 aromatic carbocycles. The minimum absolute atomic E-state index is 0.230. The predicted molar refractivity (Wildman–Crippen MR) is 82.8 cm³/mol. The third-order valence-electron chi connectivity index (χ3n) is 3.46. The van der Waals surface area contributed by atoms with Crippen molar-refractivity contribution in [2.24, 2.45) is 0 Å². The lowest BCUT2D eigenvalue weighted by Crippen LogP contribution is -2.49. The van der Waals surface area contributed by atoms with Crippen molar-refractivity contribution >= 4 is 17.8 Å². The zero-order valence-corrected chi connectivity index (χ0v) is 13.0. The van der Waals surface area contributed by atoms with Crippen molar-refractivity contribution in [1.82, 2.24) is 15.2 Å². The number of hydrogen-bond donors (Lipinski definition) is 1. The van der Waals surface area contributed by atoms with Crippen LogP contribution in [-0.2, 0) is 9.53 Å². The molecular formula is C15H22N4O3. The fourth-order valence-electron chi connectivity index (χ4n) is 2.23. The summed E-state index contributed by atoms with van der Waals surface area (Å²) >= 11 is 0. The van der Waals surface area contributed by atoms with E-state index in [1.54, 1.807) is 4.90 Å². The molecule has 0 unspecified atom stereocenters. The normalized spacial score (nSPS) is 14.6. The van der Waals surface area contributed by atoms with Crippen LogP contribution >= 0.6 is 0 Å². The molecule has 2 heterocycles. The van der Waals surface area contributed by atoms with Crippen molar-refractivity contribution < 1.29 is 14.3 Å². The number of aryl methyl sites for hydroxylation is 1. The minimum Gasteiger partial charge on any atom is -0.439 e. The smallest absolute Gasteiger partial charge is 0.410 e. The van der Waals surface area contributed by atoms with E-state index in [9.17, 15) is 9.59 Å². The van der Waals surface area contributed by atoms with E-state index in [0.717, 1.165) is 11.4 Å². The third kappa shape index (κ3) is 4.34. The van der Waals surface area contributed by atoms with Gasteiger partial charge in [0.1, 0.15) is 5.82 Å². The van der Waals surface area contributed by atoms with Gasteiger partial charge in [0.15, 0.2) is 6.61 Å². The third-order valence-corrected chi connectivity index (χ3v) is 3.46. The SMILES string of the molecule is CCNC(=O)COC(=O)N1CCN(c2ccc(C)cn2)CC1. The summed E-state index contributed by atoms with van der Waals surface area (Å²) in [6.07, 6.45) is 1.39. The van der Waals surface area contributed by atoms with E-state index in [1.165, 1.54) is 0 Å². The van der Waals surface area contributed by atoms with Gasteiger partial charge in [-0.2, -0.15) is 0 Å². The summed E-state index contributed by atoms with van der Waals surface area (Å²) in [5.41, 5.74) is 1.12. The van der Waals surface area contributed by atoms with E-state index >= 15 is 0 Å². The molecule has 0 spiro atoms. The van der Waals surface area contributed by atoms with Gasteiger partial charge in [0.25, 0.3) is 5.91 Å². The molecule has 2 rings (SSSR count). The first-order chi connectivity index (χ1) is 10.6. The first-order valence-corrected chi connectivity index (χ1v) is 7.46. The molecule has 7 nitrogen and oxygen atoms in total. The summed E-state index contributed by atoms with van der Waals surface area (Å²) in [6, 6.07) is 4.01. The van der Waals surface area contributed by atoms with Crippen LogP contribution in [0, 0.1) is 6.92 Å². The topological polar surface area (TPSA) is 74.8 Å². The average Bonchev–Trinajstić information content (AvgIpc) is 2.54. The summed E-state index contributed by atoms with van der Waals surface area (Å²) in [5.74, 6) is 0.638. The summed E-state index contributed by atoms with van der Waals surface area (Å²) in [4.78, 5) is 31.3. The molecule has 22 heavy (non-hydrogen) atoms. The molecule has 1 aromatic heterocycles. The second-order valence-corrected chi connectivity index (χ2v) is 5.18. The fourth-order valence-corrected chi connectivity index (χ4v) is 2.23. The second kappa shape index (κ2) is 7.63. The van der Waals surface area contributed by atoms with E-state index in [0.29, 0.717) is 32.7 Å². The Morgan fingerprint density at radius 3 is 2.59 bits per heavy atom. The van der Waals surface area contributed by atoms with E-state index in [4.69, 9.17) is 4.74 Å². The van der Waals surface area contributed by atoms with Gasteiger partial charge in [-0.15, -0.1) is 0 Å². The van der Waals surface area contributed by atoms with Crippen molar-refractivity contribution in [2.75, 3.05) is 44.2 Å². The number of ether oxygens (including phenoxy) is 1. The molecule has 0 radical (unpaired) electrons. The number of pyridine rings is 1. The Morgan fingerprint density at radius 1 is 1.27 bits per heavy atom. The Balaban J connectivity index is 1.78. The van der Waals surface area contributed by atoms with Crippen molar-refractivity contribution in [1.29, 1.82) is 0 Å². The zero-order valence-electron chi connectivity index (χ0n) is 13.0. The molecule has 0 saturated carbocycles. The Labute approximate surface area is 130 Å². The molecule has 1 aromatic rings. The molecule has 120 valence electrons. The van der Waals surface area contributed by atoms with E-state index < -0.39 is 6.09 Å². The number of piperazine rings is 1. The number of aromatic nitrogens is 1. The Kier molecular flexibility index (Phi) is 5.57. The summed E-state index contributed by atoms with van der Waals surface area (Å²) in [6.45, 7) is 6.63. The number of rotatable bonds is 4. The van der Waals surface area contributed by atoms with E-state index in [-0.39, 0.29) is 12.5 Å². The fraction of sp³-hybridized carbons (Fsp3) is 0.533. The molecule has 7 heteroatoms. The van der Waals surface area contributed by atoms with Crippen LogP contribution in [0.25, 0.3) is 0 Å². The zero-order chi connectivity index (χ0) is 15.9. The number of likely N-dealkylation sites (N-methyl/N-ethyl adjacent to an activating group) is 1. The van der Waals surface area contributed by atoms with Crippen LogP contribution in [0.4, 0.5) is 10.6 Å². The lowest BCUT2D eigenvalue weighted by molar-refractivity contribution is -0.124. The highest BCUT2D eigenvalue weighted by Crippen LogP contribution is 2.14. The van der Waals surface area contributed by atoms with Gasteiger partial charge in [-0.05, 0) is 25.5 Å². The molecule has 1 aliphatic rings. The Hall–Kier alpha value is -2.31. The maximum Gasteiger partial charge on any atom is 0.410 e. The maximum atomic E-state index is 11.9. The lowest BCUT2D eigenvalue weighted by Gasteiger charge is -2.34. The second-order valence-electron chi connectivity index (χ2n) is 5.18. The molecule has 2 amide bonds. The first kappa shape index (κ1) is 16.1. The van der Waals surface area contributed by atoms with Crippen LogP contribution < -0.4 is 10.2 Å². The van der Waals surface area contributed by atoms with Crippen molar-refractivity contribution in [3.63, 3.8) is 0 Å². The summed E-state index contributed by atoms with van der Waals surface area (Å²) in [5, 5.41) is 2.59. The Bertz CT molecular complexity index is 510. The van der Waals surface area contributed by atoms with Crippen molar-refractivity contribution in [2.45, 2.75) is 13.8 Å². The van der Waals surface area contributed by atoms with E-state index in [2.05, 4.69) is 15.2 Å². The molecular weight excluding hydrogens is 284 g/mol. The van der Waals surface area contributed by atoms with Gasteiger partial charge in [-0.1, -0.05) is 6.07 Å². The molecule has 1 aliphatic heterocycles.